The zero-order chi connectivity index (χ0) is 14.9. The summed E-state index contributed by atoms with van der Waals surface area (Å²) >= 11 is 3.54. The van der Waals surface area contributed by atoms with E-state index in [1.807, 2.05) is 44.6 Å². The van der Waals surface area contributed by atoms with Crippen LogP contribution < -0.4 is 10.5 Å². The Labute approximate surface area is 128 Å². The molecule has 0 radical (unpaired) electrons. The van der Waals surface area contributed by atoms with Crippen molar-refractivity contribution in [3.63, 3.8) is 0 Å². The lowest BCUT2D eigenvalue weighted by atomic mass is 10.1. The number of hydrogen-bond donors (Lipinski definition) is 1. The molecule has 2 aromatic rings. The maximum Gasteiger partial charge on any atom is 0.131 e. The molecule has 108 valence electrons. The van der Waals surface area contributed by atoms with Crippen LogP contribution in [-0.4, -0.2) is 9.78 Å². The Kier molecular flexibility index (Phi) is 4.50. The van der Waals surface area contributed by atoms with E-state index in [2.05, 4.69) is 27.1 Å². The van der Waals surface area contributed by atoms with Crippen LogP contribution in [0.2, 0.25) is 0 Å². The van der Waals surface area contributed by atoms with E-state index in [9.17, 15) is 0 Å². The van der Waals surface area contributed by atoms with Crippen LogP contribution in [0.5, 0.6) is 5.75 Å². The van der Waals surface area contributed by atoms with Crippen LogP contribution in [-0.2, 0) is 13.7 Å². The van der Waals surface area contributed by atoms with E-state index in [-0.39, 0.29) is 6.04 Å². The van der Waals surface area contributed by atoms with Crippen molar-refractivity contribution in [1.29, 1.82) is 0 Å². The van der Waals surface area contributed by atoms with E-state index in [4.69, 9.17) is 10.5 Å². The number of halogens is 1. The molecule has 0 spiro atoms. The van der Waals surface area contributed by atoms with Gasteiger partial charge in [-0.1, -0.05) is 12.1 Å². The van der Waals surface area contributed by atoms with Crippen LogP contribution in [0, 0.1) is 13.8 Å². The Balaban J connectivity index is 2.15. The molecule has 1 aromatic heterocycles. The number of aromatic nitrogens is 2. The molecule has 0 saturated carbocycles. The van der Waals surface area contributed by atoms with E-state index in [1.54, 1.807) is 0 Å². The van der Waals surface area contributed by atoms with Gasteiger partial charge in [-0.15, -0.1) is 0 Å². The van der Waals surface area contributed by atoms with Gasteiger partial charge in [0.25, 0.3) is 0 Å². The van der Waals surface area contributed by atoms with Crippen LogP contribution in [0.15, 0.2) is 22.7 Å². The van der Waals surface area contributed by atoms with Crippen LogP contribution in [0.4, 0.5) is 0 Å². The molecule has 2 rings (SSSR count). The van der Waals surface area contributed by atoms with E-state index in [0.717, 1.165) is 32.7 Å². The molecule has 0 saturated heterocycles. The number of rotatable bonds is 4. The number of ether oxygens (including phenoxy) is 1. The first-order valence-electron chi connectivity index (χ1n) is 6.57. The third-order valence-electron chi connectivity index (χ3n) is 3.35. The van der Waals surface area contributed by atoms with Gasteiger partial charge in [-0.25, -0.2) is 0 Å². The fraction of sp³-hybridized carbons (Fsp3) is 0.400. The van der Waals surface area contributed by atoms with E-state index >= 15 is 0 Å². The Morgan fingerprint density at radius 1 is 1.40 bits per heavy atom. The van der Waals surface area contributed by atoms with Crippen molar-refractivity contribution in [1.82, 2.24) is 9.78 Å². The minimum atomic E-state index is 0.0385. The van der Waals surface area contributed by atoms with Gasteiger partial charge in [0.05, 0.1) is 15.9 Å². The second-order valence-electron chi connectivity index (χ2n) is 5.07. The van der Waals surface area contributed by atoms with Crippen molar-refractivity contribution < 1.29 is 4.74 Å². The SMILES string of the molecule is Cc1cc([C@@H](C)N)ccc1OCc1c(Br)c(C)nn1C. The predicted molar refractivity (Wildman–Crippen MR) is 83.8 cm³/mol. The lowest BCUT2D eigenvalue weighted by Crippen LogP contribution is -2.07. The molecular formula is C15H20BrN3O. The lowest BCUT2D eigenvalue weighted by molar-refractivity contribution is 0.292. The molecule has 2 N–H and O–H groups in total. The summed E-state index contributed by atoms with van der Waals surface area (Å²) in [7, 11) is 1.92. The van der Waals surface area contributed by atoms with Crippen molar-refractivity contribution >= 4 is 15.9 Å². The second-order valence-corrected chi connectivity index (χ2v) is 5.86. The fourth-order valence-electron chi connectivity index (χ4n) is 2.10. The normalized spacial score (nSPS) is 12.5. The van der Waals surface area contributed by atoms with Crippen molar-refractivity contribution in [2.75, 3.05) is 0 Å². The maximum absolute atomic E-state index is 5.90. The van der Waals surface area contributed by atoms with Gasteiger partial charge in [0.2, 0.25) is 0 Å². The van der Waals surface area contributed by atoms with Gasteiger partial charge in [0.1, 0.15) is 12.4 Å². The van der Waals surface area contributed by atoms with E-state index in [0.29, 0.717) is 6.61 Å². The molecule has 0 amide bonds. The van der Waals surface area contributed by atoms with Gasteiger partial charge in [-0.3, -0.25) is 4.68 Å². The van der Waals surface area contributed by atoms with Crippen LogP contribution in [0.25, 0.3) is 0 Å². The Bertz CT molecular complexity index is 620. The minimum absolute atomic E-state index is 0.0385. The lowest BCUT2D eigenvalue weighted by Gasteiger charge is -2.12. The first-order valence-corrected chi connectivity index (χ1v) is 7.36. The molecule has 1 atom stereocenters. The number of nitrogens with two attached hydrogens (primary N) is 1. The van der Waals surface area contributed by atoms with Crippen molar-refractivity contribution in [2.45, 2.75) is 33.4 Å². The molecular weight excluding hydrogens is 318 g/mol. The molecule has 0 aliphatic rings. The molecule has 1 aromatic carbocycles. The Morgan fingerprint density at radius 3 is 2.60 bits per heavy atom. The molecule has 0 fully saturated rings. The summed E-state index contributed by atoms with van der Waals surface area (Å²) in [5.41, 5.74) is 10.1. The largest absolute Gasteiger partial charge is 0.487 e. The molecule has 0 aliphatic heterocycles. The maximum atomic E-state index is 5.90. The molecule has 20 heavy (non-hydrogen) atoms. The van der Waals surface area contributed by atoms with Crippen molar-refractivity contribution in [2.24, 2.45) is 12.8 Å². The Hall–Kier alpha value is -1.33. The molecule has 0 unspecified atom stereocenters. The first-order chi connectivity index (χ1) is 9.40. The highest BCUT2D eigenvalue weighted by Crippen LogP contribution is 2.25. The summed E-state index contributed by atoms with van der Waals surface area (Å²) in [5.74, 6) is 0.875. The van der Waals surface area contributed by atoms with Crippen LogP contribution >= 0.6 is 15.9 Å². The van der Waals surface area contributed by atoms with Crippen molar-refractivity contribution in [3.8, 4) is 5.75 Å². The monoisotopic (exact) mass is 337 g/mol. The van der Waals surface area contributed by atoms with Gasteiger partial charge < -0.3 is 10.5 Å². The average Bonchev–Trinajstić information content (AvgIpc) is 2.62. The standard InChI is InChI=1S/C15H20BrN3O/c1-9-7-12(10(2)17)5-6-14(9)20-8-13-15(16)11(3)18-19(13)4/h5-7,10H,8,17H2,1-4H3/t10-/m1/s1. The van der Waals surface area contributed by atoms with Gasteiger partial charge >= 0.3 is 0 Å². The third-order valence-corrected chi connectivity index (χ3v) is 4.38. The quantitative estimate of drug-likeness (QED) is 0.930. The van der Waals surface area contributed by atoms with Crippen LogP contribution in [0.3, 0.4) is 0 Å². The van der Waals surface area contributed by atoms with E-state index in [1.165, 1.54) is 0 Å². The Morgan fingerprint density at radius 2 is 2.10 bits per heavy atom. The average molecular weight is 338 g/mol. The van der Waals surface area contributed by atoms with Gasteiger partial charge in [0, 0.05) is 13.1 Å². The van der Waals surface area contributed by atoms with Gasteiger partial charge in [0.15, 0.2) is 0 Å². The highest BCUT2D eigenvalue weighted by molar-refractivity contribution is 9.10. The third kappa shape index (κ3) is 3.04. The molecule has 1 heterocycles. The zero-order valence-corrected chi connectivity index (χ0v) is 13.9. The zero-order valence-electron chi connectivity index (χ0n) is 12.3. The summed E-state index contributed by atoms with van der Waals surface area (Å²) in [6.07, 6.45) is 0. The predicted octanol–water partition coefficient (Wildman–Crippen LogP) is 3.40. The number of benzene rings is 1. The smallest absolute Gasteiger partial charge is 0.131 e. The van der Waals surface area contributed by atoms with Crippen molar-refractivity contribution in [3.05, 3.63) is 45.2 Å². The number of aryl methyl sites for hydroxylation is 3. The second kappa shape index (κ2) is 5.97. The minimum Gasteiger partial charge on any atom is -0.487 e. The first kappa shape index (κ1) is 15.1. The molecule has 4 nitrogen and oxygen atoms in total. The topological polar surface area (TPSA) is 53.1 Å². The number of nitrogens with zero attached hydrogens (tertiary/aromatic N) is 2. The molecule has 0 aliphatic carbocycles. The highest BCUT2D eigenvalue weighted by Gasteiger charge is 2.12. The summed E-state index contributed by atoms with van der Waals surface area (Å²) < 4.78 is 8.74. The molecule has 5 heteroatoms. The summed E-state index contributed by atoms with van der Waals surface area (Å²) in [6, 6.07) is 6.10. The van der Waals surface area contributed by atoms with E-state index < -0.39 is 0 Å². The van der Waals surface area contributed by atoms with Gasteiger partial charge in [-0.05, 0) is 53.9 Å². The number of hydrogen-bond acceptors (Lipinski definition) is 3. The summed E-state index contributed by atoms with van der Waals surface area (Å²) in [6.45, 7) is 6.46. The van der Waals surface area contributed by atoms with Crippen LogP contribution in [0.1, 0.15) is 35.5 Å². The molecule has 0 bridgehead atoms. The fourth-order valence-corrected chi connectivity index (χ4v) is 2.55. The highest BCUT2D eigenvalue weighted by atomic mass is 79.9. The summed E-state index contributed by atoms with van der Waals surface area (Å²) in [5, 5.41) is 4.36. The summed E-state index contributed by atoms with van der Waals surface area (Å²) in [4.78, 5) is 0. The van der Waals surface area contributed by atoms with Gasteiger partial charge in [-0.2, -0.15) is 5.10 Å².